The van der Waals surface area contributed by atoms with Crippen LogP contribution in [0.3, 0.4) is 0 Å². The van der Waals surface area contributed by atoms with Crippen molar-refractivity contribution in [2.75, 3.05) is 13.2 Å². The minimum atomic E-state index is -3.94. The summed E-state index contributed by atoms with van der Waals surface area (Å²) in [6, 6.07) is 15.9. The minimum absolute atomic E-state index is 0.0239. The smallest absolute Gasteiger partial charge is 0.266 e. The first kappa shape index (κ1) is 16.2. The van der Waals surface area contributed by atoms with Gasteiger partial charge in [-0.3, -0.25) is 4.79 Å². The minimum Gasteiger partial charge on any atom is -0.394 e. The number of amides is 1. The molecule has 2 aromatic carbocycles. The van der Waals surface area contributed by atoms with Crippen molar-refractivity contribution in [1.82, 2.24) is 4.31 Å². The molecule has 0 fully saturated rings. The Kier molecular flexibility index (Phi) is 4.95. The molecule has 2 rings (SSSR count). The van der Waals surface area contributed by atoms with Gasteiger partial charge in [0, 0.05) is 6.92 Å². The Hall–Kier alpha value is -2.18. The molecular formula is C16H17NO4S. The number of carbonyl (C=O) groups excluding carboxylic acids is 1. The van der Waals surface area contributed by atoms with E-state index in [0.717, 1.165) is 18.1 Å². The highest BCUT2D eigenvalue weighted by atomic mass is 32.2. The van der Waals surface area contributed by atoms with Crippen LogP contribution in [0.25, 0.3) is 11.1 Å². The van der Waals surface area contributed by atoms with Gasteiger partial charge in [0.2, 0.25) is 5.91 Å². The molecule has 0 saturated carbocycles. The van der Waals surface area contributed by atoms with E-state index in [0.29, 0.717) is 4.31 Å². The second-order valence-electron chi connectivity index (χ2n) is 4.71. The molecule has 0 atom stereocenters. The third-order valence-corrected chi connectivity index (χ3v) is 5.09. The molecule has 0 unspecified atom stereocenters. The zero-order chi connectivity index (χ0) is 16.2. The fourth-order valence-corrected chi connectivity index (χ4v) is 3.51. The highest BCUT2D eigenvalue weighted by molar-refractivity contribution is 7.89. The van der Waals surface area contributed by atoms with E-state index in [2.05, 4.69) is 0 Å². The average Bonchev–Trinajstić information content (AvgIpc) is 2.53. The van der Waals surface area contributed by atoms with E-state index < -0.39 is 22.5 Å². The number of rotatable bonds is 5. The maximum Gasteiger partial charge on any atom is 0.266 e. The van der Waals surface area contributed by atoms with Crippen LogP contribution in [0.1, 0.15) is 6.92 Å². The highest BCUT2D eigenvalue weighted by Crippen LogP contribution is 2.22. The lowest BCUT2D eigenvalue weighted by molar-refractivity contribution is -0.124. The first-order chi connectivity index (χ1) is 10.5. The van der Waals surface area contributed by atoms with Crippen LogP contribution in [0.4, 0.5) is 0 Å². The van der Waals surface area contributed by atoms with E-state index in [1.54, 1.807) is 12.1 Å². The van der Waals surface area contributed by atoms with Crippen molar-refractivity contribution >= 4 is 15.9 Å². The molecule has 0 radical (unpaired) electrons. The molecule has 5 nitrogen and oxygen atoms in total. The van der Waals surface area contributed by atoms with E-state index in [1.165, 1.54) is 12.1 Å². The molecule has 0 aliphatic heterocycles. The molecule has 1 amide bonds. The van der Waals surface area contributed by atoms with Crippen LogP contribution in [0.2, 0.25) is 0 Å². The number of benzene rings is 2. The van der Waals surface area contributed by atoms with Gasteiger partial charge in [0.25, 0.3) is 10.0 Å². The van der Waals surface area contributed by atoms with Gasteiger partial charge in [-0.25, -0.2) is 12.7 Å². The van der Waals surface area contributed by atoms with Gasteiger partial charge in [0.05, 0.1) is 18.0 Å². The maximum absolute atomic E-state index is 12.4. The SMILES string of the molecule is CC(=O)N(CCO)S(=O)(=O)c1ccc(-c2ccccc2)cc1. The first-order valence-electron chi connectivity index (χ1n) is 6.76. The van der Waals surface area contributed by atoms with Gasteiger partial charge in [-0.2, -0.15) is 0 Å². The Bertz CT molecular complexity index is 739. The summed E-state index contributed by atoms with van der Waals surface area (Å²) >= 11 is 0. The number of carbonyl (C=O) groups is 1. The summed E-state index contributed by atoms with van der Waals surface area (Å²) in [4.78, 5) is 11.5. The van der Waals surface area contributed by atoms with Gasteiger partial charge >= 0.3 is 0 Å². The quantitative estimate of drug-likeness (QED) is 0.913. The van der Waals surface area contributed by atoms with Crippen LogP contribution in [-0.2, 0) is 14.8 Å². The second-order valence-corrected chi connectivity index (χ2v) is 6.57. The van der Waals surface area contributed by atoms with Crippen LogP contribution in [0.15, 0.2) is 59.5 Å². The largest absolute Gasteiger partial charge is 0.394 e. The summed E-state index contributed by atoms with van der Waals surface area (Å²) in [5, 5.41) is 8.93. The average molecular weight is 319 g/mol. The summed E-state index contributed by atoms with van der Waals surface area (Å²) < 4.78 is 25.5. The topological polar surface area (TPSA) is 74.7 Å². The Morgan fingerprint density at radius 2 is 1.55 bits per heavy atom. The maximum atomic E-state index is 12.4. The molecule has 0 aliphatic carbocycles. The van der Waals surface area contributed by atoms with E-state index >= 15 is 0 Å². The normalized spacial score (nSPS) is 11.2. The van der Waals surface area contributed by atoms with Gasteiger partial charge in [-0.1, -0.05) is 42.5 Å². The molecule has 0 aromatic heterocycles. The zero-order valence-corrected chi connectivity index (χ0v) is 13.0. The number of nitrogens with zero attached hydrogens (tertiary/aromatic N) is 1. The summed E-state index contributed by atoms with van der Waals surface area (Å²) in [5.74, 6) is -0.624. The fourth-order valence-electron chi connectivity index (χ4n) is 2.11. The molecule has 0 spiro atoms. The first-order valence-corrected chi connectivity index (χ1v) is 8.20. The zero-order valence-electron chi connectivity index (χ0n) is 12.1. The summed E-state index contributed by atoms with van der Waals surface area (Å²) in [6.45, 7) is 0.491. The van der Waals surface area contributed by atoms with Crippen molar-refractivity contribution in [2.24, 2.45) is 0 Å². The fraction of sp³-hybridized carbons (Fsp3) is 0.188. The van der Waals surface area contributed by atoms with Gasteiger partial charge in [0.1, 0.15) is 0 Å². The molecule has 6 heteroatoms. The van der Waals surface area contributed by atoms with Gasteiger partial charge in [0.15, 0.2) is 0 Å². The Morgan fingerprint density at radius 1 is 1.00 bits per heavy atom. The summed E-state index contributed by atoms with van der Waals surface area (Å²) in [5.41, 5.74) is 1.86. The number of aliphatic hydroxyl groups excluding tert-OH is 1. The number of aliphatic hydroxyl groups is 1. The number of hydrogen-bond donors (Lipinski definition) is 1. The van der Waals surface area contributed by atoms with Gasteiger partial charge in [-0.05, 0) is 23.3 Å². The van der Waals surface area contributed by atoms with E-state index in [-0.39, 0.29) is 11.4 Å². The Labute approximate surface area is 129 Å². The predicted octanol–water partition coefficient (Wildman–Crippen LogP) is 1.88. The number of sulfonamides is 1. The second kappa shape index (κ2) is 6.72. The van der Waals surface area contributed by atoms with Crippen molar-refractivity contribution in [3.63, 3.8) is 0 Å². The third-order valence-electron chi connectivity index (χ3n) is 3.20. The molecule has 0 aliphatic rings. The van der Waals surface area contributed by atoms with Crippen molar-refractivity contribution in [3.05, 3.63) is 54.6 Å². The van der Waals surface area contributed by atoms with Gasteiger partial charge < -0.3 is 5.11 Å². The molecule has 0 saturated heterocycles. The predicted molar refractivity (Wildman–Crippen MR) is 83.5 cm³/mol. The lowest BCUT2D eigenvalue weighted by Crippen LogP contribution is -2.37. The van der Waals surface area contributed by atoms with Crippen molar-refractivity contribution in [1.29, 1.82) is 0 Å². The highest BCUT2D eigenvalue weighted by Gasteiger charge is 2.26. The van der Waals surface area contributed by atoms with E-state index in [4.69, 9.17) is 5.11 Å². The van der Waals surface area contributed by atoms with Gasteiger partial charge in [-0.15, -0.1) is 0 Å². The van der Waals surface area contributed by atoms with Crippen LogP contribution in [-0.4, -0.2) is 36.9 Å². The van der Waals surface area contributed by atoms with E-state index in [1.807, 2.05) is 30.3 Å². The molecule has 0 heterocycles. The van der Waals surface area contributed by atoms with Crippen LogP contribution >= 0.6 is 0 Å². The third kappa shape index (κ3) is 3.35. The van der Waals surface area contributed by atoms with Crippen molar-refractivity contribution in [3.8, 4) is 11.1 Å². The Morgan fingerprint density at radius 3 is 2.05 bits per heavy atom. The van der Waals surface area contributed by atoms with E-state index in [9.17, 15) is 13.2 Å². The number of hydrogen-bond acceptors (Lipinski definition) is 4. The summed E-state index contributed by atoms with van der Waals surface area (Å²) in [7, 11) is -3.94. The van der Waals surface area contributed by atoms with Crippen LogP contribution < -0.4 is 0 Å². The molecule has 22 heavy (non-hydrogen) atoms. The van der Waals surface area contributed by atoms with Crippen molar-refractivity contribution < 1.29 is 18.3 Å². The van der Waals surface area contributed by atoms with Crippen LogP contribution in [0, 0.1) is 0 Å². The lowest BCUT2D eigenvalue weighted by atomic mass is 10.1. The monoisotopic (exact) mass is 319 g/mol. The molecule has 2 aromatic rings. The molecule has 0 bridgehead atoms. The lowest BCUT2D eigenvalue weighted by Gasteiger charge is -2.20. The molecule has 116 valence electrons. The standard InChI is InChI=1S/C16H17NO4S/c1-13(19)17(11-12-18)22(20,21)16-9-7-15(8-10-16)14-5-3-2-4-6-14/h2-10,18H,11-12H2,1H3. The van der Waals surface area contributed by atoms with Crippen molar-refractivity contribution in [2.45, 2.75) is 11.8 Å². The molecular weight excluding hydrogens is 302 g/mol. The Balaban J connectivity index is 2.35. The summed E-state index contributed by atoms with van der Waals surface area (Å²) in [6.07, 6.45) is 0. The van der Waals surface area contributed by atoms with Crippen LogP contribution in [0.5, 0.6) is 0 Å². The molecule has 1 N–H and O–H groups in total.